The molecule has 0 unspecified atom stereocenters. The molecule has 2 heterocycles. The Bertz CT molecular complexity index is 499. The molecule has 0 saturated carbocycles. The van der Waals surface area contributed by atoms with Gasteiger partial charge in [-0.3, -0.25) is 4.57 Å². The second-order valence-electron chi connectivity index (χ2n) is 3.50. The van der Waals surface area contributed by atoms with Crippen LogP contribution in [0.25, 0.3) is 11.4 Å². The summed E-state index contributed by atoms with van der Waals surface area (Å²) in [5.41, 5.74) is 6.96. The van der Waals surface area contributed by atoms with Gasteiger partial charge < -0.3 is 11.1 Å². The van der Waals surface area contributed by atoms with Crippen LogP contribution < -0.4 is 11.1 Å². The van der Waals surface area contributed by atoms with Gasteiger partial charge in [0.1, 0.15) is 0 Å². The standard InChI is InChI=1S/C10H15N5S/c1-4-6-5-7(8(11)16-6)9-13-14-10(12-2)15(9)3/h5H,4,11H2,1-3H3,(H,12,14). The van der Waals surface area contributed by atoms with Crippen LogP contribution in [-0.2, 0) is 13.5 Å². The highest BCUT2D eigenvalue weighted by atomic mass is 32.1. The van der Waals surface area contributed by atoms with Crippen LogP contribution in [0.5, 0.6) is 0 Å². The minimum absolute atomic E-state index is 0.735. The summed E-state index contributed by atoms with van der Waals surface area (Å²) in [6.45, 7) is 2.12. The van der Waals surface area contributed by atoms with E-state index in [1.807, 2.05) is 18.7 Å². The van der Waals surface area contributed by atoms with Crippen LogP contribution in [0, 0.1) is 0 Å². The van der Waals surface area contributed by atoms with Gasteiger partial charge in [-0.15, -0.1) is 21.5 Å². The highest BCUT2D eigenvalue weighted by Crippen LogP contribution is 2.33. The maximum absolute atomic E-state index is 5.99. The van der Waals surface area contributed by atoms with Crippen LogP contribution in [0.4, 0.5) is 10.9 Å². The number of hydrogen-bond acceptors (Lipinski definition) is 5. The van der Waals surface area contributed by atoms with E-state index in [-0.39, 0.29) is 0 Å². The molecule has 0 spiro atoms. The molecule has 0 fully saturated rings. The van der Waals surface area contributed by atoms with Crippen molar-refractivity contribution in [3.05, 3.63) is 10.9 Å². The van der Waals surface area contributed by atoms with Gasteiger partial charge in [0.05, 0.1) is 10.6 Å². The fraction of sp³-hybridized carbons (Fsp3) is 0.400. The zero-order valence-electron chi connectivity index (χ0n) is 9.61. The van der Waals surface area contributed by atoms with Crippen molar-refractivity contribution in [3.63, 3.8) is 0 Å². The lowest BCUT2D eigenvalue weighted by molar-refractivity contribution is 0.926. The Morgan fingerprint density at radius 2 is 2.25 bits per heavy atom. The summed E-state index contributed by atoms with van der Waals surface area (Å²) < 4.78 is 1.90. The number of rotatable bonds is 3. The molecule has 0 atom stereocenters. The summed E-state index contributed by atoms with van der Waals surface area (Å²) in [5.74, 6) is 1.54. The minimum atomic E-state index is 0.735. The van der Waals surface area contributed by atoms with Crippen molar-refractivity contribution in [1.82, 2.24) is 14.8 Å². The van der Waals surface area contributed by atoms with E-state index in [9.17, 15) is 0 Å². The van der Waals surface area contributed by atoms with Crippen molar-refractivity contribution in [2.45, 2.75) is 13.3 Å². The number of hydrogen-bond donors (Lipinski definition) is 2. The monoisotopic (exact) mass is 237 g/mol. The Morgan fingerprint density at radius 1 is 1.50 bits per heavy atom. The molecule has 0 aliphatic heterocycles. The molecule has 0 bridgehead atoms. The first kappa shape index (κ1) is 10.9. The van der Waals surface area contributed by atoms with Crippen molar-refractivity contribution < 1.29 is 0 Å². The average Bonchev–Trinajstić information content (AvgIpc) is 2.81. The molecular weight excluding hydrogens is 222 g/mol. The van der Waals surface area contributed by atoms with E-state index in [1.165, 1.54) is 4.88 Å². The summed E-state index contributed by atoms with van der Waals surface area (Å²) in [5, 5.41) is 12.0. The highest BCUT2D eigenvalue weighted by Gasteiger charge is 2.14. The third-order valence-electron chi connectivity index (χ3n) is 2.50. The largest absolute Gasteiger partial charge is 0.390 e. The predicted octanol–water partition coefficient (Wildman–Crippen LogP) is 1.73. The molecule has 0 saturated heterocycles. The number of nitrogen functional groups attached to an aromatic ring is 1. The SMILES string of the molecule is CCc1cc(-c2nnc(NC)n2C)c(N)s1. The van der Waals surface area contributed by atoms with Gasteiger partial charge in [-0.2, -0.15) is 0 Å². The smallest absolute Gasteiger partial charge is 0.224 e. The van der Waals surface area contributed by atoms with E-state index in [0.717, 1.165) is 28.8 Å². The maximum atomic E-state index is 5.99. The number of aryl methyl sites for hydroxylation is 1. The number of thiophene rings is 1. The fourth-order valence-electron chi connectivity index (χ4n) is 1.59. The van der Waals surface area contributed by atoms with Gasteiger partial charge in [-0.05, 0) is 12.5 Å². The van der Waals surface area contributed by atoms with Gasteiger partial charge >= 0.3 is 0 Å². The molecule has 0 aliphatic rings. The van der Waals surface area contributed by atoms with Crippen molar-refractivity contribution in [3.8, 4) is 11.4 Å². The van der Waals surface area contributed by atoms with Crippen LogP contribution in [-0.4, -0.2) is 21.8 Å². The Morgan fingerprint density at radius 3 is 2.75 bits per heavy atom. The highest BCUT2D eigenvalue weighted by molar-refractivity contribution is 7.16. The molecule has 2 aromatic rings. The van der Waals surface area contributed by atoms with E-state index in [4.69, 9.17) is 5.73 Å². The average molecular weight is 237 g/mol. The van der Waals surface area contributed by atoms with E-state index >= 15 is 0 Å². The molecule has 6 heteroatoms. The first-order valence-corrected chi connectivity index (χ1v) is 5.94. The Labute approximate surface area is 98.3 Å². The molecular formula is C10H15N5S. The van der Waals surface area contributed by atoms with E-state index in [1.54, 1.807) is 11.3 Å². The number of anilines is 2. The third-order valence-corrected chi connectivity index (χ3v) is 3.61. The number of nitrogens with one attached hydrogen (secondary N) is 1. The zero-order valence-corrected chi connectivity index (χ0v) is 10.4. The van der Waals surface area contributed by atoms with Gasteiger partial charge in [0.2, 0.25) is 5.95 Å². The molecule has 16 heavy (non-hydrogen) atoms. The van der Waals surface area contributed by atoms with Gasteiger partial charge in [-0.25, -0.2) is 0 Å². The molecule has 0 aromatic carbocycles. The molecule has 86 valence electrons. The van der Waals surface area contributed by atoms with Gasteiger partial charge in [0.15, 0.2) is 5.82 Å². The third kappa shape index (κ3) is 1.65. The lowest BCUT2D eigenvalue weighted by Gasteiger charge is -2.01. The molecule has 2 rings (SSSR count). The van der Waals surface area contributed by atoms with Crippen LogP contribution in [0.1, 0.15) is 11.8 Å². The Hall–Kier alpha value is -1.56. The summed E-state index contributed by atoms with van der Waals surface area (Å²) in [6, 6.07) is 2.09. The Balaban J connectivity index is 2.49. The van der Waals surface area contributed by atoms with Crippen LogP contribution in [0.3, 0.4) is 0 Å². The van der Waals surface area contributed by atoms with Crippen molar-refractivity contribution in [2.75, 3.05) is 18.1 Å². The molecule has 0 radical (unpaired) electrons. The van der Waals surface area contributed by atoms with Crippen molar-refractivity contribution in [2.24, 2.45) is 7.05 Å². The number of aromatic nitrogens is 3. The first-order chi connectivity index (χ1) is 7.67. The first-order valence-electron chi connectivity index (χ1n) is 5.13. The molecule has 5 nitrogen and oxygen atoms in total. The molecule has 0 amide bonds. The van der Waals surface area contributed by atoms with Gasteiger partial charge in [0, 0.05) is 19.0 Å². The maximum Gasteiger partial charge on any atom is 0.224 e. The minimum Gasteiger partial charge on any atom is -0.390 e. The van der Waals surface area contributed by atoms with E-state index in [2.05, 4.69) is 28.5 Å². The summed E-state index contributed by atoms with van der Waals surface area (Å²) in [4.78, 5) is 1.27. The summed E-state index contributed by atoms with van der Waals surface area (Å²) in [6.07, 6.45) is 0.992. The van der Waals surface area contributed by atoms with E-state index < -0.39 is 0 Å². The molecule has 0 aliphatic carbocycles. The quantitative estimate of drug-likeness (QED) is 0.853. The lowest BCUT2D eigenvalue weighted by Crippen LogP contribution is -2.00. The molecule has 2 aromatic heterocycles. The lowest BCUT2D eigenvalue weighted by atomic mass is 10.2. The topological polar surface area (TPSA) is 68.8 Å². The predicted molar refractivity (Wildman–Crippen MR) is 67.7 cm³/mol. The summed E-state index contributed by atoms with van der Waals surface area (Å²) >= 11 is 1.61. The van der Waals surface area contributed by atoms with Gasteiger partial charge in [-0.1, -0.05) is 6.92 Å². The van der Waals surface area contributed by atoms with Crippen molar-refractivity contribution in [1.29, 1.82) is 0 Å². The van der Waals surface area contributed by atoms with Gasteiger partial charge in [0.25, 0.3) is 0 Å². The number of nitrogens with two attached hydrogens (primary N) is 1. The van der Waals surface area contributed by atoms with Crippen molar-refractivity contribution >= 4 is 22.3 Å². The van der Waals surface area contributed by atoms with Crippen LogP contribution in [0.15, 0.2) is 6.07 Å². The van der Waals surface area contributed by atoms with E-state index in [0.29, 0.717) is 0 Å². The second kappa shape index (κ2) is 4.13. The normalized spacial score (nSPS) is 10.7. The number of nitrogens with zero attached hydrogens (tertiary/aromatic N) is 3. The molecule has 3 N–H and O–H groups in total. The van der Waals surface area contributed by atoms with Crippen LogP contribution >= 0.6 is 11.3 Å². The summed E-state index contributed by atoms with van der Waals surface area (Å²) in [7, 11) is 3.74. The fourth-order valence-corrected chi connectivity index (χ4v) is 2.45. The zero-order chi connectivity index (χ0) is 11.7. The Kier molecular flexibility index (Phi) is 2.82. The van der Waals surface area contributed by atoms with Crippen LogP contribution in [0.2, 0.25) is 0 Å². The second-order valence-corrected chi connectivity index (χ2v) is 4.67.